The molecule has 0 radical (unpaired) electrons. The molecular weight excluding hydrogens is 514 g/mol. The molecule has 0 aliphatic carbocycles. The van der Waals surface area contributed by atoms with Crippen molar-refractivity contribution in [3.05, 3.63) is 58.1 Å². The summed E-state index contributed by atoms with van der Waals surface area (Å²) in [5.74, 6) is -0.504. The number of hydrogen-bond acceptors (Lipinski definition) is 4. The van der Waals surface area contributed by atoms with E-state index in [0.29, 0.717) is 29.9 Å². The van der Waals surface area contributed by atoms with Crippen molar-refractivity contribution in [1.82, 2.24) is 4.90 Å². The summed E-state index contributed by atoms with van der Waals surface area (Å²) in [4.78, 5) is 14.5. The number of carbonyl (C=O) groups excluding carboxylic acids is 1. The highest BCUT2D eigenvalue weighted by molar-refractivity contribution is 7.92. The van der Waals surface area contributed by atoms with E-state index in [1.807, 2.05) is 6.92 Å². The molecule has 2 N–H and O–H groups in total. The fraction of sp³-hybridized carbons (Fsp3) is 0.409. The first-order valence-electron chi connectivity index (χ1n) is 10.5. The lowest BCUT2D eigenvalue weighted by Gasteiger charge is -2.39. The summed E-state index contributed by atoms with van der Waals surface area (Å²) in [6, 6.07) is 7.26. The van der Waals surface area contributed by atoms with E-state index in [-0.39, 0.29) is 26.9 Å². The summed E-state index contributed by atoms with van der Waals surface area (Å²) >= 11 is 12.0. The van der Waals surface area contributed by atoms with E-state index in [1.54, 1.807) is 0 Å². The van der Waals surface area contributed by atoms with Gasteiger partial charge in [-0.2, -0.15) is 13.2 Å². The van der Waals surface area contributed by atoms with Crippen LogP contribution in [0.25, 0.3) is 0 Å². The first-order chi connectivity index (χ1) is 15.8. The zero-order valence-electron chi connectivity index (χ0n) is 18.2. The average Bonchev–Trinajstić information content (AvgIpc) is 2.77. The van der Waals surface area contributed by atoms with E-state index in [2.05, 4.69) is 0 Å². The van der Waals surface area contributed by atoms with Gasteiger partial charge in [0.15, 0.2) is 0 Å². The second-order valence-corrected chi connectivity index (χ2v) is 10.9. The molecule has 0 saturated carbocycles. The number of likely N-dealkylation sites (tertiary alicyclic amines) is 1. The molecule has 2 unspecified atom stereocenters. The van der Waals surface area contributed by atoms with Gasteiger partial charge in [0.2, 0.25) is 5.91 Å². The highest BCUT2D eigenvalue weighted by Gasteiger charge is 2.36. The number of alkyl halides is 3. The highest BCUT2D eigenvalue weighted by atomic mass is 35.5. The third-order valence-electron chi connectivity index (χ3n) is 5.86. The van der Waals surface area contributed by atoms with Gasteiger partial charge in [-0.15, -0.1) is 0 Å². The van der Waals surface area contributed by atoms with Crippen LogP contribution >= 0.6 is 23.2 Å². The Morgan fingerprint density at radius 2 is 1.79 bits per heavy atom. The molecule has 12 heteroatoms. The molecule has 1 saturated heterocycles. The number of halogens is 5. The second-order valence-electron chi connectivity index (χ2n) is 8.20. The van der Waals surface area contributed by atoms with Crippen LogP contribution in [0, 0.1) is 5.92 Å². The first kappa shape index (κ1) is 26.6. The Balaban J connectivity index is 2.08. The second kappa shape index (κ2) is 10.3. The molecule has 1 amide bonds. The van der Waals surface area contributed by atoms with Gasteiger partial charge < -0.3 is 10.6 Å². The summed E-state index contributed by atoms with van der Waals surface area (Å²) in [7, 11) is -4.48. The Labute approximate surface area is 206 Å². The van der Waals surface area contributed by atoms with E-state index in [1.165, 1.54) is 29.2 Å². The van der Waals surface area contributed by atoms with Crippen LogP contribution in [0.3, 0.4) is 0 Å². The van der Waals surface area contributed by atoms with Gasteiger partial charge in [0.25, 0.3) is 10.0 Å². The lowest BCUT2D eigenvalue weighted by Crippen LogP contribution is -2.51. The van der Waals surface area contributed by atoms with Crippen LogP contribution in [-0.4, -0.2) is 44.9 Å². The fourth-order valence-electron chi connectivity index (χ4n) is 3.85. The third kappa shape index (κ3) is 5.79. The highest BCUT2D eigenvalue weighted by Crippen LogP contribution is 2.37. The van der Waals surface area contributed by atoms with Crippen molar-refractivity contribution in [2.24, 2.45) is 11.7 Å². The van der Waals surface area contributed by atoms with Crippen molar-refractivity contribution in [2.75, 3.05) is 23.9 Å². The molecule has 3 rings (SSSR count). The van der Waals surface area contributed by atoms with E-state index < -0.39 is 39.9 Å². The number of carbonyl (C=O) groups is 1. The van der Waals surface area contributed by atoms with Crippen LogP contribution in [0.4, 0.5) is 18.9 Å². The summed E-state index contributed by atoms with van der Waals surface area (Å²) in [6.45, 7) is 1.80. The van der Waals surface area contributed by atoms with Gasteiger partial charge in [0.05, 0.1) is 21.2 Å². The topological polar surface area (TPSA) is 83.7 Å². The zero-order chi connectivity index (χ0) is 25.3. The van der Waals surface area contributed by atoms with E-state index in [4.69, 9.17) is 28.9 Å². The van der Waals surface area contributed by atoms with Crippen molar-refractivity contribution in [2.45, 2.75) is 36.9 Å². The van der Waals surface area contributed by atoms with E-state index in [9.17, 15) is 26.4 Å². The molecule has 0 aromatic heterocycles. The van der Waals surface area contributed by atoms with Gasteiger partial charge in [0.1, 0.15) is 6.54 Å². The summed E-state index contributed by atoms with van der Waals surface area (Å²) in [6.07, 6.45) is -3.23. The summed E-state index contributed by atoms with van der Waals surface area (Å²) < 4.78 is 67.9. The van der Waals surface area contributed by atoms with Crippen LogP contribution in [0.2, 0.25) is 10.0 Å². The number of benzene rings is 2. The molecule has 2 aromatic carbocycles. The number of anilines is 1. The number of rotatable bonds is 6. The monoisotopic (exact) mass is 537 g/mol. The molecule has 1 fully saturated rings. The van der Waals surface area contributed by atoms with Crippen molar-refractivity contribution in [3.8, 4) is 0 Å². The molecule has 2 aromatic rings. The van der Waals surface area contributed by atoms with Gasteiger partial charge in [-0.1, -0.05) is 23.2 Å². The van der Waals surface area contributed by atoms with Crippen molar-refractivity contribution < 1.29 is 26.4 Å². The Morgan fingerprint density at radius 1 is 1.15 bits per heavy atom. The lowest BCUT2D eigenvalue weighted by atomic mass is 9.93. The number of nitrogens with zero attached hydrogens (tertiary/aromatic N) is 2. The molecule has 6 nitrogen and oxygen atoms in total. The summed E-state index contributed by atoms with van der Waals surface area (Å²) in [5, 5.41) is 0.0264. The van der Waals surface area contributed by atoms with Gasteiger partial charge in [-0.3, -0.25) is 9.10 Å². The minimum Gasteiger partial charge on any atom is -0.338 e. The van der Waals surface area contributed by atoms with Crippen molar-refractivity contribution in [1.29, 1.82) is 0 Å². The maximum atomic E-state index is 13.5. The van der Waals surface area contributed by atoms with Gasteiger partial charge >= 0.3 is 6.18 Å². The van der Waals surface area contributed by atoms with Crippen LogP contribution in [0.5, 0.6) is 0 Å². The van der Waals surface area contributed by atoms with Crippen LogP contribution in [0.1, 0.15) is 25.3 Å². The number of sulfonamides is 1. The van der Waals surface area contributed by atoms with Crippen LogP contribution < -0.4 is 10.0 Å². The predicted octanol–water partition coefficient (Wildman–Crippen LogP) is 4.79. The molecule has 2 atom stereocenters. The maximum absolute atomic E-state index is 13.5. The predicted molar refractivity (Wildman–Crippen MR) is 125 cm³/mol. The smallest absolute Gasteiger partial charge is 0.338 e. The number of nitrogens with two attached hydrogens (primary N) is 1. The molecule has 186 valence electrons. The molecule has 1 heterocycles. The van der Waals surface area contributed by atoms with Gasteiger partial charge in [-0.05, 0) is 74.7 Å². The van der Waals surface area contributed by atoms with Crippen LogP contribution in [-0.2, 0) is 21.0 Å². The SMILES string of the molecule is CC1CCC(CN)CN1C(=O)CN(c1cc(C(F)(F)F)ccc1Cl)S(=O)(=O)c1ccc(Cl)cc1. The molecule has 1 aliphatic rings. The largest absolute Gasteiger partial charge is 0.416 e. The molecule has 1 aliphatic heterocycles. The Kier molecular flexibility index (Phi) is 8.07. The number of piperidine rings is 1. The van der Waals surface area contributed by atoms with Crippen molar-refractivity contribution >= 4 is 44.8 Å². The minimum atomic E-state index is -4.74. The average molecular weight is 538 g/mol. The lowest BCUT2D eigenvalue weighted by molar-refractivity contribution is -0.137. The quantitative estimate of drug-likeness (QED) is 0.573. The molecule has 0 bridgehead atoms. The maximum Gasteiger partial charge on any atom is 0.416 e. The van der Waals surface area contributed by atoms with E-state index in [0.717, 1.165) is 18.6 Å². The zero-order valence-corrected chi connectivity index (χ0v) is 20.6. The fourth-order valence-corrected chi connectivity index (χ4v) is 5.67. The number of amides is 1. The Morgan fingerprint density at radius 3 is 2.38 bits per heavy atom. The molecule has 0 spiro atoms. The molecular formula is C22H24Cl2F3N3O3S. The van der Waals surface area contributed by atoms with Gasteiger partial charge in [0, 0.05) is 17.6 Å². The normalized spacial score (nSPS) is 19.2. The third-order valence-corrected chi connectivity index (χ3v) is 8.20. The Hall–Kier alpha value is -2.01. The number of hydrogen-bond donors (Lipinski definition) is 1. The minimum absolute atomic E-state index is 0.0543. The van der Waals surface area contributed by atoms with E-state index >= 15 is 0 Å². The summed E-state index contributed by atoms with van der Waals surface area (Å²) in [5.41, 5.74) is 4.22. The Bertz CT molecular complexity index is 1140. The van der Waals surface area contributed by atoms with Gasteiger partial charge in [-0.25, -0.2) is 8.42 Å². The van der Waals surface area contributed by atoms with Crippen molar-refractivity contribution in [3.63, 3.8) is 0 Å². The standard InChI is InChI=1S/C22H24Cl2F3N3O3S/c1-14-2-3-15(11-28)12-29(14)21(31)13-30(34(32,33)18-7-5-17(23)6-8-18)20-10-16(22(25,26)27)4-9-19(20)24/h4-10,14-15H,2-3,11-13,28H2,1H3. The van der Waals surface area contributed by atoms with Crippen LogP contribution in [0.15, 0.2) is 47.4 Å². The molecule has 34 heavy (non-hydrogen) atoms. The first-order valence-corrected chi connectivity index (χ1v) is 12.7.